The minimum absolute atomic E-state index is 0.428. The van der Waals surface area contributed by atoms with Crippen LogP contribution in [0, 0.1) is 0 Å². The van der Waals surface area contributed by atoms with Crippen LogP contribution >= 0.6 is 11.8 Å². The van der Waals surface area contributed by atoms with Crippen LogP contribution < -0.4 is 10.5 Å². The Morgan fingerprint density at radius 3 is 3.00 bits per heavy atom. The zero-order chi connectivity index (χ0) is 15.7. The fourth-order valence-electron chi connectivity index (χ4n) is 2.45. The van der Waals surface area contributed by atoms with Gasteiger partial charge in [0, 0.05) is 17.9 Å². The molecule has 0 saturated carbocycles. The smallest absolute Gasteiger partial charge is 0.446 e. The van der Waals surface area contributed by atoms with Crippen LogP contribution in [0.4, 0.5) is 0 Å². The Balaban J connectivity index is 2.24. The summed E-state index contributed by atoms with van der Waals surface area (Å²) in [4.78, 5) is 11.0. The lowest BCUT2D eigenvalue weighted by molar-refractivity contribution is 0.0529. The summed E-state index contributed by atoms with van der Waals surface area (Å²) < 4.78 is 17.6. The summed E-state index contributed by atoms with van der Waals surface area (Å²) in [6, 6.07) is 7.53. The van der Waals surface area contributed by atoms with Gasteiger partial charge in [-0.1, -0.05) is 29.1 Å². The van der Waals surface area contributed by atoms with E-state index in [1.165, 1.54) is 16.3 Å². The highest BCUT2D eigenvalue weighted by atomic mass is 32.2. The molecule has 1 aromatic heterocycles. The monoisotopic (exact) mass is 320 g/mol. The van der Waals surface area contributed by atoms with Gasteiger partial charge in [0.2, 0.25) is 10.8 Å². The Labute approximate surface area is 131 Å². The van der Waals surface area contributed by atoms with Gasteiger partial charge in [-0.05, 0) is 31.4 Å². The van der Waals surface area contributed by atoms with Crippen LogP contribution in [0.3, 0.4) is 0 Å². The molecule has 1 aromatic carbocycles. The minimum atomic E-state index is -0.936. The second kappa shape index (κ2) is 5.66. The third-order valence-corrected chi connectivity index (χ3v) is 4.77. The molecule has 0 aliphatic carbocycles. The minimum Gasteiger partial charge on any atom is -0.497 e. The SMILES string of the molecule is CCOC1(c2cccc(OC)c2)SC=C(C)n2c1noc2=O. The van der Waals surface area contributed by atoms with Crippen molar-refractivity contribution in [1.29, 1.82) is 0 Å². The molecule has 0 radical (unpaired) electrons. The normalized spacial score (nSPS) is 20.4. The maximum Gasteiger partial charge on any atom is 0.446 e. The van der Waals surface area contributed by atoms with Crippen molar-refractivity contribution in [3.8, 4) is 5.75 Å². The predicted octanol–water partition coefficient (Wildman–Crippen LogP) is 2.65. The van der Waals surface area contributed by atoms with Crippen LogP contribution in [0.15, 0.2) is 39.0 Å². The van der Waals surface area contributed by atoms with Crippen molar-refractivity contribution in [2.24, 2.45) is 0 Å². The molecule has 0 spiro atoms. The first-order valence-electron chi connectivity index (χ1n) is 6.85. The lowest BCUT2D eigenvalue weighted by Gasteiger charge is -2.33. The summed E-state index contributed by atoms with van der Waals surface area (Å²) >= 11 is 1.45. The van der Waals surface area contributed by atoms with Gasteiger partial charge in [0.05, 0.1) is 7.11 Å². The second-order valence-electron chi connectivity index (χ2n) is 4.77. The first-order valence-corrected chi connectivity index (χ1v) is 7.73. The van der Waals surface area contributed by atoms with Crippen LogP contribution in [0.1, 0.15) is 25.2 Å². The molecule has 7 heteroatoms. The van der Waals surface area contributed by atoms with Crippen LogP contribution in [-0.2, 0) is 9.67 Å². The van der Waals surface area contributed by atoms with Gasteiger partial charge in [-0.15, -0.1) is 0 Å². The molecule has 0 N–H and O–H groups in total. The van der Waals surface area contributed by atoms with Gasteiger partial charge in [0.1, 0.15) is 5.75 Å². The number of nitrogens with zero attached hydrogens (tertiary/aromatic N) is 2. The van der Waals surface area contributed by atoms with Gasteiger partial charge in [-0.25, -0.2) is 9.36 Å². The number of aromatic nitrogens is 2. The topological polar surface area (TPSA) is 66.5 Å². The molecule has 1 unspecified atom stereocenters. The van der Waals surface area contributed by atoms with Crippen molar-refractivity contribution < 1.29 is 14.0 Å². The maximum atomic E-state index is 11.9. The van der Waals surface area contributed by atoms with E-state index in [1.54, 1.807) is 7.11 Å². The lowest BCUT2D eigenvalue weighted by atomic mass is 10.1. The van der Waals surface area contributed by atoms with Crippen LogP contribution in [-0.4, -0.2) is 23.4 Å². The Hall–Kier alpha value is -1.99. The molecule has 1 aliphatic rings. The van der Waals surface area contributed by atoms with Gasteiger partial charge in [-0.3, -0.25) is 4.52 Å². The number of methoxy groups -OCH3 is 1. The van der Waals surface area contributed by atoms with E-state index in [0.29, 0.717) is 18.2 Å². The Morgan fingerprint density at radius 2 is 2.27 bits per heavy atom. The molecule has 0 amide bonds. The van der Waals surface area contributed by atoms with Crippen molar-refractivity contribution in [1.82, 2.24) is 9.72 Å². The highest BCUT2D eigenvalue weighted by Crippen LogP contribution is 2.47. The van der Waals surface area contributed by atoms with Gasteiger partial charge < -0.3 is 9.47 Å². The molecule has 2 aromatic rings. The average molecular weight is 320 g/mol. The quantitative estimate of drug-likeness (QED) is 0.863. The summed E-state index contributed by atoms with van der Waals surface area (Å²) in [5.74, 6) is 0.620. The van der Waals surface area contributed by atoms with Gasteiger partial charge in [-0.2, -0.15) is 0 Å². The number of thioether (sulfide) groups is 1. The average Bonchev–Trinajstić information content (AvgIpc) is 2.94. The molecule has 0 bridgehead atoms. The fourth-order valence-corrected chi connectivity index (χ4v) is 3.58. The van der Waals surface area contributed by atoms with Crippen LogP contribution in [0.25, 0.3) is 5.70 Å². The van der Waals surface area contributed by atoms with E-state index in [0.717, 1.165) is 11.3 Å². The molecule has 116 valence electrons. The van der Waals surface area contributed by atoms with Gasteiger partial charge in [0.15, 0.2) is 0 Å². The standard InChI is InChI=1S/C15H16N2O4S/c1-4-20-15(11-6-5-7-12(8-11)19-3)13-16-21-14(18)17(13)10(2)9-22-15/h5-9H,4H2,1-3H3. The number of allylic oxidation sites excluding steroid dienone is 1. The van der Waals surface area contributed by atoms with E-state index in [-0.39, 0.29) is 0 Å². The van der Waals surface area contributed by atoms with E-state index in [9.17, 15) is 4.79 Å². The molecule has 1 aliphatic heterocycles. The molecule has 3 rings (SSSR count). The van der Waals surface area contributed by atoms with Crippen molar-refractivity contribution in [3.63, 3.8) is 0 Å². The predicted molar refractivity (Wildman–Crippen MR) is 83.7 cm³/mol. The molecular weight excluding hydrogens is 304 g/mol. The number of rotatable bonds is 4. The largest absolute Gasteiger partial charge is 0.497 e. The molecule has 0 saturated heterocycles. The van der Waals surface area contributed by atoms with Crippen molar-refractivity contribution in [2.75, 3.05) is 13.7 Å². The second-order valence-corrected chi connectivity index (χ2v) is 5.81. The molecule has 6 nitrogen and oxygen atoms in total. The number of benzene rings is 1. The molecule has 0 fully saturated rings. The van der Waals surface area contributed by atoms with E-state index in [4.69, 9.17) is 14.0 Å². The Morgan fingerprint density at radius 1 is 1.45 bits per heavy atom. The molecular formula is C15H16N2O4S. The van der Waals surface area contributed by atoms with Crippen LogP contribution in [0.2, 0.25) is 0 Å². The summed E-state index contributed by atoms with van der Waals surface area (Å²) in [5, 5.41) is 5.83. The summed E-state index contributed by atoms with van der Waals surface area (Å²) in [5.41, 5.74) is 1.59. The van der Waals surface area contributed by atoms with Crippen molar-refractivity contribution >= 4 is 17.5 Å². The van der Waals surface area contributed by atoms with Gasteiger partial charge >= 0.3 is 5.76 Å². The zero-order valence-electron chi connectivity index (χ0n) is 12.5. The highest BCUT2D eigenvalue weighted by molar-refractivity contribution is 8.03. The number of hydrogen-bond donors (Lipinski definition) is 0. The van der Waals surface area contributed by atoms with Crippen molar-refractivity contribution in [3.05, 3.63) is 51.6 Å². The van der Waals surface area contributed by atoms with E-state index in [2.05, 4.69) is 5.16 Å². The first-order chi connectivity index (χ1) is 10.6. The fraction of sp³-hybridized carbons (Fsp3) is 0.333. The number of ether oxygens (including phenoxy) is 2. The number of fused-ring (bicyclic) bond motifs is 1. The summed E-state index contributed by atoms with van der Waals surface area (Å²) in [6.07, 6.45) is 0. The molecule has 2 heterocycles. The first kappa shape index (κ1) is 14.9. The molecule has 22 heavy (non-hydrogen) atoms. The zero-order valence-corrected chi connectivity index (χ0v) is 13.3. The summed E-state index contributed by atoms with van der Waals surface area (Å²) in [6.45, 7) is 4.19. The molecule has 1 atom stereocenters. The lowest BCUT2D eigenvalue weighted by Crippen LogP contribution is -2.35. The van der Waals surface area contributed by atoms with Gasteiger partial charge in [0.25, 0.3) is 0 Å². The summed E-state index contributed by atoms with van der Waals surface area (Å²) in [7, 11) is 1.61. The van der Waals surface area contributed by atoms with E-state index < -0.39 is 10.7 Å². The van der Waals surface area contributed by atoms with E-state index >= 15 is 0 Å². The van der Waals surface area contributed by atoms with Crippen LogP contribution in [0.5, 0.6) is 5.75 Å². The third-order valence-electron chi connectivity index (χ3n) is 3.44. The van der Waals surface area contributed by atoms with Crippen molar-refractivity contribution in [2.45, 2.75) is 18.8 Å². The Kier molecular flexibility index (Phi) is 3.84. The highest BCUT2D eigenvalue weighted by Gasteiger charge is 2.44. The Bertz CT molecular complexity index is 780. The van der Waals surface area contributed by atoms with E-state index in [1.807, 2.05) is 43.5 Å². The number of hydrogen-bond acceptors (Lipinski definition) is 6. The maximum absolute atomic E-state index is 11.9. The third kappa shape index (κ3) is 2.17.